The molecule has 8 heteroatoms. The number of carbonyl (C=O) groups is 1. The second-order valence-corrected chi connectivity index (χ2v) is 8.30. The number of aromatic amines is 1. The van der Waals surface area contributed by atoms with Gasteiger partial charge in [0.2, 0.25) is 0 Å². The van der Waals surface area contributed by atoms with Crippen LogP contribution in [-0.2, 0) is 6.42 Å². The van der Waals surface area contributed by atoms with Gasteiger partial charge in [0.1, 0.15) is 11.2 Å². The predicted octanol–water partition coefficient (Wildman–Crippen LogP) is 3.21. The van der Waals surface area contributed by atoms with Crippen LogP contribution in [0.15, 0.2) is 40.6 Å². The zero-order chi connectivity index (χ0) is 20.0. The maximum atomic E-state index is 13.3. The molecular formula is C21H21N5O2S. The van der Waals surface area contributed by atoms with Crippen LogP contribution in [0.1, 0.15) is 46.7 Å². The summed E-state index contributed by atoms with van der Waals surface area (Å²) in [6.45, 7) is 3.45. The zero-order valence-electron chi connectivity index (χ0n) is 16.1. The number of rotatable bonds is 3. The second kappa shape index (κ2) is 7.11. The Hall–Kier alpha value is -3.00. The number of benzene rings is 1. The Morgan fingerprint density at radius 2 is 2.21 bits per heavy atom. The number of likely N-dealkylation sites (tertiary alicyclic amines) is 1. The molecule has 29 heavy (non-hydrogen) atoms. The van der Waals surface area contributed by atoms with Gasteiger partial charge in [0.15, 0.2) is 0 Å². The zero-order valence-corrected chi connectivity index (χ0v) is 16.9. The van der Waals surface area contributed by atoms with Crippen molar-refractivity contribution in [1.82, 2.24) is 24.5 Å². The van der Waals surface area contributed by atoms with Gasteiger partial charge in [-0.05, 0) is 31.4 Å². The molecule has 4 heterocycles. The molecule has 1 amide bonds. The van der Waals surface area contributed by atoms with Crippen molar-refractivity contribution in [3.63, 3.8) is 0 Å². The molecule has 0 bridgehead atoms. The Bertz CT molecular complexity index is 1270. The lowest BCUT2D eigenvalue weighted by atomic mass is 9.98. The van der Waals surface area contributed by atoms with Gasteiger partial charge >= 0.3 is 0 Å². The van der Waals surface area contributed by atoms with Crippen molar-refractivity contribution in [1.29, 1.82) is 0 Å². The Morgan fingerprint density at radius 1 is 1.34 bits per heavy atom. The fraction of sp³-hybridized carbons (Fsp3) is 0.333. The molecule has 1 aromatic carbocycles. The minimum Gasteiger partial charge on any atom is -0.338 e. The highest BCUT2D eigenvalue weighted by Crippen LogP contribution is 2.30. The number of piperidine rings is 1. The van der Waals surface area contributed by atoms with Crippen molar-refractivity contribution in [2.24, 2.45) is 0 Å². The van der Waals surface area contributed by atoms with Gasteiger partial charge in [-0.2, -0.15) is 5.10 Å². The first-order valence-electron chi connectivity index (χ1n) is 9.88. The van der Waals surface area contributed by atoms with Crippen LogP contribution in [0, 0.1) is 0 Å². The van der Waals surface area contributed by atoms with Crippen molar-refractivity contribution < 1.29 is 4.79 Å². The Morgan fingerprint density at radius 3 is 3.03 bits per heavy atom. The van der Waals surface area contributed by atoms with Crippen LogP contribution < -0.4 is 5.56 Å². The highest BCUT2D eigenvalue weighted by Gasteiger charge is 2.29. The van der Waals surface area contributed by atoms with E-state index in [-0.39, 0.29) is 17.4 Å². The molecular weight excluding hydrogens is 386 g/mol. The Kier molecular flexibility index (Phi) is 4.43. The molecule has 0 saturated carbocycles. The Balaban J connectivity index is 1.48. The molecule has 1 fully saturated rings. The number of aryl methyl sites for hydroxylation is 1. The third-order valence-corrected chi connectivity index (χ3v) is 6.65. The van der Waals surface area contributed by atoms with E-state index in [1.165, 1.54) is 0 Å². The molecule has 1 aliphatic heterocycles. The van der Waals surface area contributed by atoms with Gasteiger partial charge in [-0.25, -0.2) is 9.50 Å². The normalized spacial score (nSPS) is 17.3. The maximum Gasteiger partial charge on any atom is 0.259 e. The molecule has 0 aliphatic carbocycles. The molecule has 4 aromatic rings. The average molecular weight is 407 g/mol. The second-order valence-electron chi connectivity index (χ2n) is 7.41. The van der Waals surface area contributed by atoms with Gasteiger partial charge in [-0.3, -0.25) is 9.59 Å². The third kappa shape index (κ3) is 3.04. The summed E-state index contributed by atoms with van der Waals surface area (Å²) in [5.41, 5.74) is 2.47. The quantitative estimate of drug-likeness (QED) is 0.565. The number of aromatic nitrogens is 4. The highest BCUT2D eigenvalue weighted by molar-refractivity contribution is 7.09. The number of carbonyl (C=O) groups excluding carboxylic acids is 1. The standard InChI is InChI=1S/C21H21N5O2S/c1-2-14-12-29-20(23-14)13-6-5-9-25(11-13)21(28)16-10-22-26-17-8-4-3-7-15(17)19(27)24-18(16)26/h3-4,7-8,10,12-13H,2,5-6,9,11H2,1H3,(H,24,27). The van der Waals surface area contributed by atoms with Crippen LogP contribution >= 0.6 is 11.3 Å². The fourth-order valence-electron chi connectivity index (χ4n) is 4.04. The lowest BCUT2D eigenvalue weighted by Gasteiger charge is -2.31. The van der Waals surface area contributed by atoms with Crippen LogP contribution in [0.3, 0.4) is 0 Å². The number of nitrogens with one attached hydrogen (secondary N) is 1. The SMILES string of the molecule is CCc1csc(C2CCCN(C(=O)c3cnn4c3[nH]c(=O)c3ccccc34)C2)n1. The number of hydrogen-bond acceptors (Lipinski definition) is 5. The predicted molar refractivity (Wildman–Crippen MR) is 113 cm³/mol. The lowest BCUT2D eigenvalue weighted by molar-refractivity contribution is 0.0708. The molecule has 0 radical (unpaired) electrons. The van der Waals surface area contributed by atoms with E-state index in [9.17, 15) is 9.59 Å². The smallest absolute Gasteiger partial charge is 0.259 e. The van der Waals surface area contributed by atoms with Gasteiger partial charge in [0.05, 0.1) is 27.8 Å². The van der Waals surface area contributed by atoms with E-state index in [1.807, 2.05) is 23.1 Å². The van der Waals surface area contributed by atoms with Gasteiger partial charge in [0.25, 0.3) is 11.5 Å². The van der Waals surface area contributed by atoms with Crippen LogP contribution in [0.5, 0.6) is 0 Å². The van der Waals surface area contributed by atoms with E-state index in [0.29, 0.717) is 35.2 Å². The minimum atomic E-state index is -0.214. The molecule has 3 aromatic heterocycles. The summed E-state index contributed by atoms with van der Waals surface area (Å²) in [6.07, 6.45) is 4.46. The van der Waals surface area contributed by atoms with Crippen LogP contribution in [-0.4, -0.2) is 43.5 Å². The molecule has 7 nitrogen and oxygen atoms in total. The highest BCUT2D eigenvalue weighted by atomic mass is 32.1. The van der Waals surface area contributed by atoms with Crippen LogP contribution in [0.2, 0.25) is 0 Å². The molecule has 1 atom stereocenters. The monoisotopic (exact) mass is 407 g/mol. The summed E-state index contributed by atoms with van der Waals surface area (Å²) in [6, 6.07) is 7.27. The van der Waals surface area contributed by atoms with Gasteiger partial charge in [-0.15, -0.1) is 11.3 Å². The summed E-state index contributed by atoms with van der Waals surface area (Å²) in [7, 11) is 0. The van der Waals surface area contributed by atoms with Crippen molar-refractivity contribution in [2.45, 2.75) is 32.1 Å². The summed E-state index contributed by atoms with van der Waals surface area (Å²) < 4.78 is 1.64. The average Bonchev–Trinajstić information content (AvgIpc) is 3.41. The largest absolute Gasteiger partial charge is 0.338 e. The first-order chi connectivity index (χ1) is 14.2. The van der Waals surface area contributed by atoms with E-state index in [4.69, 9.17) is 4.98 Å². The van der Waals surface area contributed by atoms with Crippen molar-refractivity contribution >= 4 is 33.8 Å². The summed E-state index contributed by atoms with van der Waals surface area (Å²) in [5.74, 6) is 0.169. The molecule has 1 aliphatic rings. The maximum absolute atomic E-state index is 13.3. The molecule has 5 rings (SSSR count). The van der Waals surface area contributed by atoms with Crippen LogP contribution in [0.25, 0.3) is 16.6 Å². The minimum absolute atomic E-state index is 0.0945. The summed E-state index contributed by atoms with van der Waals surface area (Å²) in [5, 5.41) is 8.15. The first kappa shape index (κ1) is 18.1. The number of amides is 1. The van der Waals surface area contributed by atoms with Gasteiger partial charge < -0.3 is 9.88 Å². The molecule has 1 saturated heterocycles. The van der Waals surface area contributed by atoms with E-state index < -0.39 is 0 Å². The number of hydrogen-bond donors (Lipinski definition) is 1. The molecule has 148 valence electrons. The lowest BCUT2D eigenvalue weighted by Crippen LogP contribution is -2.39. The van der Waals surface area contributed by atoms with Crippen molar-refractivity contribution in [3.8, 4) is 0 Å². The van der Waals surface area contributed by atoms with E-state index in [1.54, 1.807) is 28.1 Å². The number of fused-ring (bicyclic) bond motifs is 3. The topological polar surface area (TPSA) is 83.4 Å². The molecule has 1 unspecified atom stereocenters. The first-order valence-corrected chi connectivity index (χ1v) is 10.8. The van der Waals surface area contributed by atoms with Gasteiger partial charge in [-0.1, -0.05) is 19.1 Å². The van der Waals surface area contributed by atoms with Crippen molar-refractivity contribution in [3.05, 3.63) is 62.5 Å². The number of nitrogens with zero attached hydrogens (tertiary/aromatic N) is 4. The number of para-hydroxylation sites is 1. The van der Waals surface area contributed by atoms with E-state index in [2.05, 4.69) is 22.4 Å². The molecule has 1 N–H and O–H groups in total. The third-order valence-electron chi connectivity index (χ3n) is 5.60. The number of thiazole rings is 1. The van der Waals surface area contributed by atoms with E-state index in [0.717, 1.165) is 30.0 Å². The van der Waals surface area contributed by atoms with Crippen molar-refractivity contribution in [2.75, 3.05) is 13.1 Å². The Labute approximate surface area is 171 Å². The fourth-order valence-corrected chi connectivity index (χ4v) is 5.07. The van der Waals surface area contributed by atoms with E-state index >= 15 is 0 Å². The van der Waals surface area contributed by atoms with Gasteiger partial charge in [0, 0.05) is 24.4 Å². The summed E-state index contributed by atoms with van der Waals surface area (Å²) >= 11 is 1.68. The van der Waals surface area contributed by atoms with Crippen LogP contribution in [0.4, 0.5) is 0 Å². The molecule has 0 spiro atoms. The summed E-state index contributed by atoms with van der Waals surface area (Å²) in [4.78, 5) is 35.2. The number of H-pyrrole nitrogens is 1.